The number of hydrogen-bond donors (Lipinski definition) is 1. The van der Waals surface area contributed by atoms with Crippen LogP contribution in [0, 0.1) is 0 Å². The van der Waals surface area contributed by atoms with Crippen LogP contribution >= 0.6 is 0 Å². The van der Waals surface area contributed by atoms with Crippen molar-refractivity contribution in [2.45, 2.75) is 52.0 Å². The molecule has 1 unspecified atom stereocenters. The second kappa shape index (κ2) is 7.07. The van der Waals surface area contributed by atoms with Crippen molar-refractivity contribution in [2.24, 2.45) is 0 Å². The predicted octanol–water partition coefficient (Wildman–Crippen LogP) is 3.38. The van der Waals surface area contributed by atoms with E-state index in [0.29, 0.717) is 6.61 Å². The van der Waals surface area contributed by atoms with Crippen LogP contribution in [0.4, 0.5) is 5.69 Å². The zero-order valence-corrected chi connectivity index (χ0v) is 14.1. The number of anilines is 1. The second-order valence-electron chi connectivity index (χ2n) is 6.25. The van der Waals surface area contributed by atoms with Gasteiger partial charge in [0.15, 0.2) is 0 Å². The van der Waals surface area contributed by atoms with Gasteiger partial charge in [-0.2, -0.15) is 0 Å². The molecule has 2 aliphatic heterocycles. The first-order valence-corrected chi connectivity index (χ1v) is 8.75. The predicted molar refractivity (Wildman–Crippen MR) is 92.2 cm³/mol. The molecule has 0 saturated heterocycles. The molecule has 0 aliphatic carbocycles. The van der Waals surface area contributed by atoms with Crippen LogP contribution in [-0.4, -0.2) is 25.2 Å². The van der Waals surface area contributed by atoms with Gasteiger partial charge in [-0.05, 0) is 56.2 Å². The van der Waals surface area contributed by atoms with Gasteiger partial charge in [-0.15, -0.1) is 0 Å². The maximum atomic E-state index is 12.2. The van der Waals surface area contributed by atoms with E-state index in [1.807, 2.05) is 6.92 Å². The van der Waals surface area contributed by atoms with E-state index in [1.165, 1.54) is 16.8 Å². The minimum atomic E-state index is -0.230. The molecule has 2 aliphatic rings. The fourth-order valence-electron chi connectivity index (χ4n) is 3.57. The maximum absolute atomic E-state index is 12.2. The third kappa shape index (κ3) is 3.21. The van der Waals surface area contributed by atoms with Gasteiger partial charge < -0.3 is 15.0 Å². The summed E-state index contributed by atoms with van der Waals surface area (Å²) >= 11 is 0. The number of carbonyl (C=O) groups excluding carboxylic acids is 1. The maximum Gasteiger partial charge on any atom is 0.328 e. The summed E-state index contributed by atoms with van der Waals surface area (Å²) in [6.45, 7) is 5.44. The molecule has 0 amide bonds. The summed E-state index contributed by atoms with van der Waals surface area (Å²) in [6, 6.07) is 8.37. The molecule has 4 heteroatoms. The van der Waals surface area contributed by atoms with E-state index >= 15 is 0 Å². The number of para-hydroxylation sites is 1. The Kier molecular flexibility index (Phi) is 4.89. The third-order valence-corrected chi connectivity index (χ3v) is 4.59. The Balaban J connectivity index is 1.92. The standard InChI is InChI=1S/C19H26N2O2/c1-3-12-21-17-11-6-5-8-14(17)13-15-9-7-10-16(20-18(15)21)19(22)23-4-2/h5-6,8,11,16,20H,3-4,7,9-10,12-13H2,1-2H3. The lowest BCUT2D eigenvalue weighted by atomic mass is 9.95. The third-order valence-electron chi connectivity index (χ3n) is 4.59. The highest BCUT2D eigenvalue weighted by Gasteiger charge is 2.31. The zero-order valence-electron chi connectivity index (χ0n) is 14.1. The van der Waals surface area contributed by atoms with E-state index < -0.39 is 0 Å². The van der Waals surface area contributed by atoms with Crippen molar-refractivity contribution in [1.82, 2.24) is 5.32 Å². The van der Waals surface area contributed by atoms with Crippen molar-refractivity contribution in [1.29, 1.82) is 0 Å². The minimum Gasteiger partial charge on any atom is -0.464 e. The van der Waals surface area contributed by atoms with Crippen LogP contribution in [0.5, 0.6) is 0 Å². The molecule has 124 valence electrons. The van der Waals surface area contributed by atoms with Crippen LogP contribution in [0.2, 0.25) is 0 Å². The Hall–Kier alpha value is -1.97. The van der Waals surface area contributed by atoms with E-state index in [1.54, 1.807) is 0 Å². The highest BCUT2D eigenvalue weighted by Crippen LogP contribution is 2.36. The van der Waals surface area contributed by atoms with E-state index in [2.05, 4.69) is 41.4 Å². The number of esters is 1. The van der Waals surface area contributed by atoms with Crippen LogP contribution in [0.3, 0.4) is 0 Å². The van der Waals surface area contributed by atoms with Gasteiger partial charge in [0, 0.05) is 12.2 Å². The molecular formula is C19H26N2O2. The number of nitrogens with one attached hydrogen (secondary N) is 1. The van der Waals surface area contributed by atoms with Crippen LogP contribution in [0.1, 0.15) is 45.1 Å². The number of benzene rings is 1. The Morgan fingerprint density at radius 2 is 2.17 bits per heavy atom. The molecule has 23 heavy (non-hydrogen) atoms. The summed E-state index contributed by atoms with van der Waals surface area (Å²) in [6.07, 6.45) is 4.96. The number of allylic oxidation sites excluding steroid dienone is 1. The van der Waals surface area contributed by atoms with Crippen molar-refractivity contribution < 1.29 is 9.53 Å². The fraction of sp³-hybridized carbons (Fsp3) is 0.526. The van der Waals surface area contributed by atoms with Crippen molar-refractivity contribution in [3.63, 3.8) is 0 Å². The Morgan fingerprint density at radius 3 is 2.96 bits per heavy atom. The van der Waals surface area contributed by atoms with Gasteiger partial charge in [0.25, 0.3) is 0 Å². The first kappa shape index (κ1) is 15.9. The zero-order chi connectivity index (χ0) is 16.2. The number of fused-ring (bicyclic) bond motifs is 1. The lowest BCUT2D eigenvalue weighted by molar-refractivity contribution is -0.145. The smallest absolute Gasteiger partial charge is 0.328 e. The number of nitrogens with zero attached hydrogens (tertiary/aromatic N) is 1. The molecule has 0 aromatic heterocycles. The molecule has 0 radical (unpaired) electrons. The normalized spacial score (nSPS) is 20.3. The number of carbonyl (C=O) groups is 1. The van der Waals surface area contributed by atoms with Crippen molar-refractivity contribution in [2.75, 3.05) is 18.1 Å². The highest BCUT2D eigenvalue weighted by molar-refractivity contribution is 5.77. The van der Waals surface area contributed by atoms with Gasteiger partial charge in [-0.1, -0.05) is 25.1 Å². The molecule has 1 atom stereocenters. The average Bonchev–Trinajstić information content (AvgIpc) is 2.77. The first-order chi connectivity index (χ1) is 11.2. The summed E-state index contributed by atoms with van der Waals surface area (Å²) in [5, 5.41) is 3.51. The molecule has 0 saturated carbocycles. The van der Waals surface area contributed by atoms with E-state index in [4.69, 9.17) is 4.74 Å². The molecule has 0 bridgehead atoms. The van der Waals surface area contributed by atoms with Crippen molar-refractivity contribution in [3.8, 4) is 0 Å². The van der Waals surface area contributed by atoms with E-state index in [-0.39, 0.29) is 12.0 Å². The van der Waals surface area contributed by atoms with Crippen LogP contribution in [0.15, 0.2) is 35.7 Å². The second-order valence-corrected chi connectivity index (χ2v) is 6.25. The van der Waals surface area contributed by atoms with Crippen LogP contribution < -0.4 is 10.2 Å². The molecule has 1 aromatic rings. The van der Waals surface area contributed by atoms with Crippen LogP contribution in [-0.2, 0) is 16.0 Å². The van der Waals surface area contributed by atoms with E-state index in [9.17, 15) is 4.79 Å². The lowest BCUT2D eigenvalue weighted by Crippen LogP contribution is -2.44. The monoisotopic (exact) mass is 314 g/mol. The SMILES string of the molecule is CCCN1C2=C(CCCC(C(=O)OCC)N2)Cc2ccccc21. The van der Waals surface area contributed by atoms with Gasteiger partial charge in [0.1, 0.15) is 11.9 Å². The molecule has 3 rings (SSSR count). The molecule has 1 aromatic carbocycles. The Labute approximate surface area is 138 Å². The quantitative estimate of drug-likeness (QED) is 0.865. The van der Waals surface area contributed by atoms with Gasteiger partial charge in [0.05, 0.1) is 6.61 Å². The van der Waals surface area contributed by atoms with Crippen molar-refractivity contribution >= 4 is 11.7 Å². The number of hydrogen-bond acceptors (Lipinski definition) is 4. The van der Waals surface area contributed by atoms with Crippen molar-refractivity contribution in [3.05, 3.63) is 41.2 Å². The topological polar surface area (TPSA) is 41.6 Å². The first-order valence-electron chi connectivity index (χ1n) is 8.75. The molecular weight excluding hydrogens is 288 g/mol. The number of ether oxygens (including phenoxy) is 1. The fourth-order valence-corrected chi connectivity index (χ4v) is 3.57. The summed E-state index contributed by atoms with van der Waals surface area (Å²) in [4.78, 5) is 14.6. The van der Waals surface area contributed by atoms with Gasteiger partial charge >= 0.3 is 5.97 Å². The van der Waals surface area contributed by atoms with E-state index in [0.717, 1.165) is 44.5 Å². The summed E-state index contributed by atoms with van der Waals surface area (Å²) < 4.78 is 5.24. The molecule has 4 nitrogen and oxygen atoms in total. The van der Waals surface area contributed by atoms with Gasteiger partial charge in [-0.3, -0.25) is 0 Å². The Morgan fingerprint density at radius 1 is 1.35 bits per heavy atom. The summed E-state index contributed by atoms with van der Waals surface area (Å²) in [7, 11) is 0. The lowest BCUT2D eigenvalue weighted by Gasteiger charge is -2.36. The summed E-state index contributed by atoms with van der Waals surface area (Å²) in [5.74, 6) is 1.01. The minimum absolute atomic E-state index is 0.128. The van der Waals surface area contributed by atoms with Gasteiger partial charge in [-0.25, -0.2) is 4.79 Å². The largest absolute Gasteiger partial charge is 0.464 e. The Bertz CT molecular complexity index is 609. The molecule has 0 spiro atoms. The summed E-state index contributed by atoms with van der Waals surface area (Å²) in [5.41, 5.74) is 4.07. The van der Waals surface area contributed by atoms with Gasteiger partial charge in [0.2, 0.25) is 0 Å². The van der Waals surface area contributed by atoms with Crippen LogP contribution in [0.25, 0.3) is 0 Å². The molecule has 0 fully saturated rings. The highest BCUT2D eigenvalue weighted by atomic mass is 16.5. The molecule has 2 heterocycles. The average molecular weight is 314 g/mol. The molecule has 1 N–H and O–H groups in total. The number of rotatable bonds is 4.